The zero-order chi connectivity index (χ0) is 11.3. The lowest BCUT2D eigenvalue weighted by Crippen LogP contribution is -1.98. The second kappa shape index (κ2) is 2.92. The maximum atomic E-state index is 6.04. The lowest BCUT2D eigenvalue weighted by Gasteiger charge is -2.04. The van der Waals surface area contributed by atoms with Gasteiger partial charge in [-0.3, -0.25) is 0 Å². The standard InChI is InChI=1S/C13H13N3/c1-16-11-5-3-2-4-8(11)9-6-7-10(14)12(15)13(9)16/h2-7H,14-15H2,1H3. The summed E-state index contributed by atoms with van der Waals surface area (Å²) in [4.78, 5) is 0. The van der Waals surface area contributed by atoms with Crippen molar-refractivity contribution in [1.82, 2.24) is 4.57 Å². The zero-order valence-electron chi connectivity index (χ0n) is 9.07. The van der Waals surface area contributed by atoms with Gasteiger partial charge in [0.2, 0.25) is 0 Å². The molecule has 0 aliphatic carbocycles. The van der Waals surface area contributed by atoms with Gasteiger partial charge in [0.15, 0.2) is 0 Å². The van der Waals surface area contributed by atoms with Crippen molar-refractivity contribution < 1.29 is 0 Å². The van der Waals surface area contributed by atoms with Crippen LogP contribution in [0.3, 0.4) is 0 Å². The molecule has 0 radical (unpaired) electrons. The smallest absolute Gasteiger partial charge is 0.0795 e. The van der Waals surface area contributed by atoms with E-state index in [-0.39, 0.29) is 0 Å². The summed E-state index contributed by atoms with van der Waals surface area (Å²) >= 11 is 0. The van der Waals surface area contributed by atoms with Crippen molar-refractivity contribution in [3.05, 3.63) is 36.4 Å². The Morgan fingerprint density at radius 1 is 0.938 bits per heavy atom. The Labute approximate surface area is 93.3 Å². The minimum atomic E-state index is 0.637. The van der Waals surface area contributed by atoms with Crippen LogP contribution in [0.25, 0.3) is 21.8 Å². The topological polar surface area (TPSA) is 57.0 Å². The van der Waals surface area contributed by atoms with E-state index in [1.54, 1.807) is 0 Å². The molecular weight excluding hydrogens is 198 g/mol. The van der Waals surface area contributed by atoms with Crippen LogP contribution < -0.4 is 11.5 Å². The molecule has 3 heteroatoms. The van der Waals surface area contributed by atoms with Crippen LogP contribution in [0.4, 0.5) is 11.4 Å². The number of anilines is 2. The molecule has 3 aromatic rings. The van der Waals surface area contributed by atoms with Gasteiger partial charge in [0.25, 0.3) is 0 Å². The van der Waals surface area contributed by atoms with Crippen LogP contribution in [0.1, 0.15) is 0 Å². The predicted molar refractivity (Wildman–Crippen MR) is 69.2 cm³/mol. The van der Waals surface area contributed by atoms with E-state index >= 15 is 0 Å². The third-order valence-electron chi connectivity index (χ3n) is 3.14. The van der Waals surface area contributed by atoms with Crippen LogP contribution in [0.2, 0.25) is 0 Å². The molecule has 3 nitrogen and oxygen atoms in total. The van der Waals surface area contributed by atoms with E-state index in [9.17, 15) is 0 Å². The lowest BCUT2D eigenvalue weighted by atomic mass is 10.1. The molecule has 0 bridgehead atoms. The fourth-order valence-electron chi connectivity index (χ4n) is 2.32. The average molecular weight is 211 g/mol. The Morgan fingerprint density at radius 3 is 2.50 bits per heavy atom. The van der Waals surface area contributed by atoms with E-state index in [4.69, 9.17) is 11.5 Å². The molecule has 3 rings (SSSR count). The summed E-state index contributed by atoms with van der Waals surface area (Å²) in [5.41, 5.74) is 15.4. The van der Waals surface area contributed by atoms with Crippen molar-refractivity contribution in [3.63, 3.8) is 0 Å². The molecule has 0 unspecified atom stereocenters. The van der Waals surface area contributed by atoms with Gasteiger partial charge >= 0.3 is 0 Å². The maximum absolute atomic E-state index is 6.04. The van der Waals surface area contributed by atoms with E-state index in [1.165, 1.54) is 10.9 Å². The summed E-state index contributed by atoms with van der Waals surface area (Å²) in [6.45, 7) is 0. The van der Waals surface area contributed by atoms with Crippen LogP contribution in [0.15, 0.2) is 36.4 Å². The summed E-state index contributed by atoms with van der Waals surface area (Å²) in [5.74, 6) is 0. The number of nitrogens with two attached hydrogens (primary N) is 2. The van der Waals surface area contributed by atoms with Gasteiger partial charge < -0.3 is 16.0 Å². The van der Waals surface area contributed by atoms with Crippen molar-refractivity contribution >= 4 is 33.2 Å². The molecule has 16 heavy (non-hydrogen) atoms. The first kappa shape index (κ1) is 9.09. The van der Waals surface area contributed by atoms with Gasteiger partial charge in [-0.1, -0.05) is 24.3 Å². The summed E-state index contributed by atoms with van der Waals surface area (Å²) in [6, 6.07) is 12.2. The minimum Gasteiger partial charge on any atom is -0.397 e. The highest BCUT2D eigenvalue weighted by molar-refractivity contribution is 6.13. The predicted octanol–water partition coefficient (Wildman–Crippen LogP) is 2.50. The first-order valence-electron chi connectivity index (χ1n) is 5.21. The molecule has 0 aliphatic rings. The Hall–Kier alpha value is -2.16. The highest BCUT2D eigenvalue weighted by Crippen LogP contribution is 2.34. The number of fused-ring (bicyclic) bond motifs is 3. The highest BCUT2D eigenvalue weighted by atomic mass is 15.0. The number of nitrogens with zero attached hydrogens (tertiary/aromatic N) is 1. The number of para-hydroxylation sites is 1. The van der Waals surface area contributed by atoms with E-state index < -0.39 is 0 Å². The van der Waals surface area contributed by atoms with Crippen LogP contribution in [0, 0.1) is 0 Å². The van der Waals surface area contributed by atoms with Gasteiger partial charge in [0, 0.05) is 23.3 Å². The lowest BCUT2D eigenvalue weighted by molar-refractivity contribution is 1.02. The molecule has 80 valence electrons. The van der Waals surface area contributed by atoms with Crippen LogP contribution >= 0.6 is 0 Å². The Morgan fingerprint density at radius 2 is 1.69 bits per heavy atom. The number of hydrogen-bond acceptors (Lipinski definition) is 2. The fraction of sp³-hybridized carbons (Fsp3) is 0.0769. The number of benzene rings is 2. The molecule has 0 amide bonds. The summed E-state index contributed by atoms with van der Waals surface area (Å²) in [6.07, 6.45) is 0. The maximum Gasteiger partial charge on any atom is 0.0795 e. The highest BCUT2D eigenvalue weighted by Gasteiger charge is 2.11. The van der Waals surface area contributed by atoms with Gasteiger partial charge in [-0.2, -0.15) is 0 Å². The molecule has 1 aromatic heterocycles. The van der Waals surface area contributed by atoms with E-state index in [2.05, 4.69) is 16.7 Å². The van der Waals surface area contributed by atoms with E-state index in [0.717, 1.165) is 10.9 Å². The first-order chi connectivity index (χ1) is 7.70. The number of rotatable bonds is 0. The zero-order valence-corrected chi connectivity index (χ0v) is 9.07. The van der Waals surface area contributed by atoms with Gasteiger partial charge in [-0.05, 0) is 12.1 Å². The van der Waals surface area contributed by atoms with E-state index in [0.29, 0.717) is 11.4 Å². The quantitative estimate of drug-likeness (QED) is 0.561. The molecule has 0 saturated heterocycles. The average Bonchev–Trinajstić information content (AvgIpc) is 2.59. The number of nitrogen functional groups attached to an aromatic ring is 2. The Balaban J connectivity index is 2.67. The molecule has 2 aromatic carbocycles. The third kappa shape index (κ3) is 0.972. The van der Waals surface area contributed by atoms with Crippen molar-refractivity contribution in [2.45, 2.75) is 0 Å². The summed E-state index contributed by atoms with van der Waals surface area (Å²) < 4.78 is 2.09. The van der Waals surface area contributed by atoms with Crippen LogP contribution in [-0.4, -0.2) is 4.57 Å². The fourth-order valence-corrected chi connectivity index (χ4v) is 2.32. The molecule has 0 saturated carbocycles. The van der Waals surface area contributed by atoms with Crippen molar-refractivity contribution in [1.29, 1.82) is 0 Å². The van der Waals surface area contributed by atoms with Gasteiger partial charge in [-0.15, -0.1) is 0 Å². The summed E-state index contributed by atoms with van der Waals surface area (Å²) in [5, 5.41) is 2.37. The molecule has 0 aliphatic heterocycles. The van der Waals surface area contributed by atoms with Crippen LogP contribution in [0.5, 0.6) is 0 Å². The van der Waals surface area contributed by atoms with E-state index in [1.807, 2.05) is 31.3 Å². The van der Waals surface area contributed by atoms with Gasteiger partial charge in [-0.25, -0.2) is 0 Å². The molecule has 0 fully saturated rings. The first-order valence-corrected chi connectivity index (χ1v) is 5.21. The van der Waals surface area contributed by atoms with Crippen molar-refractivity contribution in [2.75, 3.05) is 11.5 Å². The SMILES string of the molecule is Cn1c2ccccc2c2ccc(N)c(N)c21. The van der Waals surface area contributed by atoms with Crippen molar-refractivity contribution in [3.8, 4) is 0 Å². The molecule has 0 spiro atoms. The number of aromatic nitrogens is 1. The third-order valence-corrected chi connectivity index (χ3v) is 3.14. The van der Waals surface area contributed by atoms with Gasteiger partial charge in [0.05, 0.1) is 16.9 Å². The molecule has 1 heterocycles. The largest absolute Gasteiger partial charge is 0.397 e. The molecular formula is C13H13N3. The monoisotopic (exact) mass is 211 g/mol. The second-order valence-corrected chi connectivity index (χ2v) is 4.04. The minimum absolute atomic E-state index is 0.637. The molecule has 4 N–H and O–H groups in total. The Bertz CT molecular complexity index is 695. The normalized spacial score (nSPS) is 11.3. The number of aryl methyl sites for hydroxylation is 1. The van der Waals surface area contributed by atoms with Crippen LogP contribution in [-0.2, 0) is 7.05 Å². The number of hydrogen-bond donors (Lipinski definition) is 2. The molecule has 0 atom stereocenters. The summed E-state index contributed by atoms with van der Waals surface area (Å²) in [7, 11) is 2.01. The second-order valence-electron chi connectivity index (χ2n) is 4.04. The van der Waals surface area contributed by atoms with Crippen molar-refractivity contribution in [2.24, 2.45) is 7.05 Å². The van der Waals surface area contributed by atoms with Gasteiger partial charge in [0.1, 0.15) is 0 Å². The Kier molecular flexibility index (Phi) is 1.66.